The van der Waals surface area contributed by atoms with Crippen molar-refractivity contribution in [1.29, 1.82) is 0 Å². The zero-order chi connectivity index (χ0) is 14.4. The number of carbonyl (C=O) groups excluding carboxylic acids is 1. The normalized spacial score (nSPS) is 10.8. The highest BCUT2D eigenvalue weighted by molar-refractivity contribution is 7.09. The Bertz CT molecular complexity index is 553. The van der Waals surface area contributed by atoms with E-state index < -0.39 is 0 Å². The fraction of sp³-hybridized carbons (Fsp3) is 0.357. The molecule has 0 aliphatic carbocycles. The van der Waals surface area contributed by atoms with Gasteiger partial charge in [-0.15, -0.1) is 11.3 Å². The van der Waals surface area contributed by atoms with Gasteiger partial charge in [-0.25, -0.2) is 4.98 Å². The quantitative estimate of drug-likeness (QED) is 0.875. The monoisotopic (exact) mass is 290 g/mol. The largest absolute Gasteiger partial charge is 0.350 e. The van der Waals surface area contributed by atoms with E-state index in [2.05, 4.69) is 20.2 Å². The second-order valence-corrected chi connectivity index (χ2v) is 5.69. The molecule has 0 aliphatic heterocycles. The standard InChI is InChI=1S/C14H18N4OS/c1-18(2)9-14-17-12(10-20-14)7-13(19)16-8-11-5-3-4-6-15-11/h3-6,10H,7-9H2,1-2H3,(H,16,19). The third-order valence-electron chi connectivity index (χ3n) is 2.59. The molecule has 2 rings (SSSR count). The van der Waals surface area contributed by atoms with Gasteiger partial charge < -0.3 is 10.2 Å². The summed E-state index contributed by atoms with van der Waals surface area (Å²) < 4.78 is 0. The summed E-state index contributed by atoms with van der Waals surface area (Å²) in [7, 11) is 4.00. The molecule has 6 heteroatoms. The van der Waals surface area contributed by atoms with Crippen molar-refractivity contribution in [1.82, 2.24) is 20.2 Å². The van der Waals surface area contributed by atoms with E-state index in [1.807, 2.05) is 37.7 Å². The molecule has 0 aromatic carbocycles. The molecule has 1 amide bonds. The molecule has 2 heterocycles. The summed E-state index contributed by atoms with van der Waals surface area (Å²) in [6, 6.07) is 5.65. The summed E-state index contributed by atoms with van der Waals surface area (Å²) in [6.45, 7) is 1.26. The molecule has 2 aromatic heterocycles. The summed E-state index contributed by atoms with van der Waals surface area (Å²) in [4.78, 5) is 22.5. The fourth-order valence-electron chi connectivity index (χ4n) is 1.69. The van der Waals surface area contributed by atoms with E-state index in [1.54, 1.807) is 17.5 Å². The van der Waals surface area contributed by atoms with E-state index in [0.29, 0.717) is 13.0 Å². The molecular formula is C14H18N4OS. The first-order chi connectivity index (χ1) is 9.63. The van der Waals surface area contributed by atoms with Crippen LogP contribution >= 0.6 is 11.3 Å². The maximum absolute atomic E-state index is 11.8. The minimum Gasteiger partial charge on any atom is -0.350 e. The Morgan fingerprint density at radius 2 is 2.20 bits per heavy atom. The van der Waals surface area contributed by atoms with Gasteiger partial charge in [-0.1, -0.05) is 6.07 Å². The van der Waals surface area contributed by atoms with E-state index in [1.165, 1.54) is 0 Å². The Hall–Kier alpha value is -1.79. The molecule has 0 aliphatic rings. The number of thiazole rings is 1. The van der Waals surface area contributed by atoms with E-state index in [0.717, 1.165) is 22.9 Å². The van der Waals surface area contributed by atoms with Gasteiger partial charge in [0.1, 0.15) is 5.01 Å². The summed E-state index contributed by atoms with van der Waals surface area (Å²) in [5, 5.41) is 5.82. The first-order valence-corrected chi connectivity index (χ1v) is 7.26. The summed E-state index contributed by atoms with van der Waals surface area (Å²) in [5.41, 5.74) is 1.68. The van der Waals surface area contributed by atoms with Crippen molar-refractivity contribution in [3.63, 3.8) is 0 Å². The van der Waals surface area contributed by atoms with Crippen LogP contribution in [-0.4, -0.2) is 34.9 Å². The summed E-state index contributed by atoms with van der Waals surface area (Å²) in [5.74, 6) is -0.0302. The SMILES string of the molecule is CN(C)Cc1nc(CC(=O)NCc2ccccn2)cs1. The van der Waals surface area contributed by atoms with Crippen LogP contribution in [0, 0.1) is 0 Å². The zero-order valence-corrected chi connectivity index (χ0v) is 12.5. The third kappa shape index (κ3) is 4.71. The molecule has 0 bridgehead atoms. The summed E-state index contributed by atoms with van der Waals surface area (Å²) >= 11 is 1.59. The Kier molecular flexibility index (Phi) is 5.20. The lowest BCUT2D eigenvalue weighted by atomic mass is 10.3. The first kappa shape index (κ1) is 14.6. The Balaban J connectivity index is 1.81. The van der Waals surface area contributed by atoms with Gasteiger partial charge in [-0.05, 0) is 26.2 Å². The van der Waals surface area contributed by atoms with E-state index in [9.17, 15) is 4.79 Å². The fourth-order valence-corrected chi connectivity index (χ4v) is 2.60. The molecule has 5 nitrogen and oxygen atoms in total. The van der Waals surface area contributed by atoms with Gasteiger partial charge in [0.25, 0.3) is 0 Å². The average Bonchev–Trinajstić information content (AvgIpc) is 2.84. The predicted molar refractivity (Wildman–Crippen MR) is 79.3 cm³/mol. The van der Waals surface area contributed by atoms with Crippen molar-refractivity contribution >= 4 is 17.2 Å². The molecule has 1 N–H and O–H groups in total. The molecule has 0 atom stereocenters. The molecule has 2 aromatic rings. The molecule has 0 saturated heterocycles. The third-order valence-corrected chi connectivity index (χ3v) is 3.47. The lowest BCUT2D eigenvalue weighted by molar-refractivity contribution is -0.120. The van der Waals surface area contributed by atoms with Crippen molar-refractivity contribution in [3.8, 4) is 0 Å². The van der Waals surface area contributed by atoms with Gasteiger partial charge in [0.15, 0.2) is 0 Å². The average molecular weight is 290 g/mol. The number of amides is 1. The topological polar surface area (TPSA) is 58.1 Å². The smallest absolute Gasteiger partial charge is 0.226 e. The van der Waals surface area contributed by atoms with E-state index in [4.69, 9.17) is 0 Å². The predicted octanol–water partition coefficient (Wildman–Crippen LogP) is 1.46. The molecule has 106 valence electrons. The Morgan fingerprint density at radius 3 is 2.90 bits per heavy atom. The zero-order valence-electron chi connectivity index (χ0n) is 11.7. The van der Waals surface area contributed by atoms with Crippen LogP contribution in [0.3, 0.4) is 0 Å². The van der Waals surface area contributed by atoms with Gasteiger partial charge in [0.2, 0.25) is 5.91 Å². The van der Waals surface area contributed by atoms with Gasteiger partial charge in [0.05, 0.1) is 24.4 Å². The van der Waals surface area contributed by atoms with Crippen LogP contribution in [0.4, 0.5) is 0 Å². The highest BCUT2D eigenvalue weighted by Gasteiger charge is 2.08. The van der Waals surface area contributed by atoms with E-state index >= 15 is 0 Å². The van der Waals surface area contributed by atoms with Gasteiger partial charge in [-0.3, -0.25) is 9.78 Å². The number of aromatic nitrogens is 2. The number of hydrogen-bond donors (Lipinski definition) is 1. The number of nitrogens with zero attached hydrogens (tertiary/aromatic N) is 3. The highest BCUT2D eigenvalue weighted by atomic mass is 32.1. The van der Waals surface area contributed by atoms with Crippen LogP contribution in [-0.2, 0) is 24.3 Å². The van der Waals surface area contributed by atoms with Crippen LogP contribution in [0.1, 0.15) is 16.4 Å². The number of nitrogens with one attached hydrogen (secondary N) is 1. The molecule has 0 unspecified atom stereocenters. The van der Waals surface area contributed by atoms with Gasteiger partial charge in [-0.2, -0.15) is 0 Å². The molecule has 20 heavy (non-hydrogen) atoms. The Labute approximate surface area is 122 Å². The first-order valence-electron chi connectivity index (χ1n) is 6.38. The molecule has 0 fully saturated rings. The van der Waals surface area contributed by atoms with Crippen LogP contribution < -0.4 is 5.32 Å². The maximum atomic E-state index is 11.8. The van der Waals surface area contributed by atoms with Crippen molar-refractivity contribution in [2.24, 2.45) is 0 Å². The van der Waals surface area contributed by atoms with Gasteiger partial charge >= 0.3 is 0 Å². The minimum absolute atomic E-state index is 0.0302. The lowest BCUT2D eigenvalue weighted by Crippen LogP contribution is -2.25. The van der Waals surface area contributed by atoms with Crippen molar-refractivity contribution in [3.05, 3.63) is 46.2 Å². The van der Waals surface area contributed by atoms with Crippen molar-refractivity contribution in [2.75, 3.05) is 14.1 Å². The van der Waals surface area contributed by atoms with Crippen molar-refractivity contribution < 1.29 is 4.79 Å². The van der Waals surface area contributed by atoms with Gasteiger partial charge in [0, 0.05) is 18.1 Å². The maximum Gasteiger partial charge on any atom is 0.226 e. The van der Waals surface area contributed by atoms with Crippen LogP contribution in [0.2, 0.25) is 0 Å². The highest BCUT2D eigenvalue weighted by Crippen LogP contribution is 2.11. The Morgan fingerprint density at radius 1 is 1.35 bits per heavy atom. The van der Waals surface area contributed by atoms with E-state index in [-0.39, 0.29) is 5.91 Å². The lowest BCUT2D eigenvalue weighted by Gasteiger charge is -2.05. The minimum atomic E-state index is -0.0302. The van der Waals surface area contributed by atoms with Crippen LogP contribution in [0.25, 0.3) is 0 Å². The molecule has 0 spiro atoms. The second kappa shape index (κ2) is 7.12. The number of rotatable bonds is 6. The molecule has 0 saturated carbocycles. The molecule has 0 radical (unpaired) electrons. The summed E-state index contributed by atoms with van der Waals surface area (Å²) in [6.07, 6.45) is 2.03. The number of hydrogen-bond acceptors (Lipinski definition) is 5. The number of pyridine rings is 1. The van der Waals surface area contributed by atoms with Crippen molar-refractivity contribution in [2.45, 2.75) is 19.5 Å². The van der Waals surface area contributed by atoms with Crippen LogP contribution in [0.15, 0.2) is 29.8 Å². The second-order valence-electron chi connectivity index (χ2n) is 4.74. The molecular weight excluding hydrogens is 272 g/mol. The number of carbonyl (C=O) groups is 1. The van der Waals surface area contributed by atoms with Crippen LogP contribution in [0.5, 0.6) is 0 Å².